The summed E-state index contributed by atoms with van der Waals surface area (Å²) >= 11 is 0. The number of carboxylic acids is 1. The first-order valence-electron chi connectivity index (χ1n) is 7.64. The average molecular weight is 361 g/mol. The number of hydrogen-bond donors (Lipinski definition) is 2. The summed E-state index contributed by atoms with van der Waals surface area (Å²) in [5.41, 5.74) is 0.115. The Morgan fingerprint density at radius 2 is 1.96 bits per heavy atom. The molecule has 0 aliphatic carbocycles. The number of methoxy groups -OCH3 is 2. The van der Waals surface area contributed by atoms with Gasteiger partial charge in [-0.1, -0.05) is 0 Å². The molecule has 2 N–H and O–H groups in total. The molecule has 1 aromatic carbocycles. The summed E-state index contributed by atoms with van der Waals surface area (Å²) in [5, 5.41) is 15.7. The van der Waals surface area contributed by atoms with Crippen LogP contribution >= 0.6 is 0 Å². The van der Waals surface area contributed by atoms with Crippen LogP contribution in [0.3, 0.4) is 0 Å². The van der Waals surface area contributed by atoms with Gasteiger partial charge in [0.2, 0.25) is 0 Å². The molecule has 26 heavy (non-hydrogen) atoms. The molecule has 0 fully saturated rings. The van der Waals surface area contributed by atoms with E-state index < -0.39 is 17.9 Å². The quantitative estimate of drug-likeness (QED) is 0.746. The number of hydrogen-bond acceptors (Lipinski definition) is 6. The van der Waals surface area contributed by atoms with Gasteiger partial charge in [-0.25, -0.2) is 4.68 Å². The standard InChI is InChI=1S/C17H19N3O6/c1-20-15(21)7-6-12(19-20)17(24)18-13(9-16(22)23)11-5-4-10(25-2)8-14(11)26-3/h4-8,13H,9H2,1-3H3,(H,18,24)(H,22,23). The molecule has 2 aromatic rings. The molecule has 1 aromatic heterocycles. The van der Waals surface area contributed by atoms with Gasteiger partial charge >= 0.3 is 5.97 Å². The van der Waals surface area contributed by atoms with Gasteiger partial charge in [0, 0.05) is 24.7 Å². The van der Waals surface area contributed by atoms with Gasteiger partial charge in [-0.15, -0.1) is 0 Å². The molecule has 0 aliphatic rings. The lowest BCUT2D eigenvalue weighted by molar-refractivity contribution is -0.137. The van der Waals surface area contributed by atoms with E-state index in [0.717, 1.165) is 4.68 Å². The van der Waals surface area contributed by atoms with Crippen molar-refractivity contribution >= 4 is 11.9 Å². The first kappa shape index (κ1) is 19.0. The molecule has 138 valence electrons. The smallest absolute Gasteiger partial charge is 0.305 e. The second-order valence-electron chi connectivity index (χ2n) is 5.41. The van der Waals surface area contributed by atoms with E-state index in [2.05, 4.69) is 10.4 Å². The van der Waals surface area contributed by atoms with E-state index in [1.165, 1.54) is 33.4 Å². The normalized spacial score (nSPS) is 11.5. The summed E-state index contributed by atoms with van der Waals surface area (Å²) in [5.74, 6) is -0.790. The number of carbonyl (C=O) groups excluding carboxylic acids is 1. The predicted molar refractivity (Wildman–Crippen MR) is 91.5 cm³/mol. The zero-order chi connectivity index (χ0) is 19.3. The molecule has 1 unspecified atom stereocenters. The minimum atomic E-state index is -1.10. The van der Waals surface area contributed by atoms with E-state index in [1.807, 2.05) is 0 Å². The number of aromatic nitrogens is 2. The average Bonchev–Trinajstić information content (AvgIpc) is 2.62. The van der Waals surface area contributed by atoms with E-state index in [0.29, 0.717) is 17.1 Å². The van der Waals surface area contributed by atoms with E-state index in [-0.39, 0.29) is 17.7 Å². The fraction of sp³-hybridized carbons (Fsp3) is 0.294. The lowest BCUT2D eigenvalue weighted by Crippen LogP contribution is -2.32. The molecule has 9 heteroatoms. The Kier molecular flexibility index (Phi) is 5.94. The molecule has 9 nitrogen and oxygen atoms in total. The number of nitrogens with zero attached hydrogens (tertiary/aromatic N) is 2. The summed E-state index contributed by atoms with van der Waals surface area (Å²) in [6, 6.07) is 6.49. The largest absolute Gasteiger partial charge is 0.497 e. The fourth-order valence-electron chi connectivity index (χ4n) is 2.38. The Morgan fingerprint density at radius 3 is 2.54 bits per heavy atom. The van der Waals surface area contributed by atoms with E-state index in [9.17, 15) is 19.5 Å². The summed E-state index contributed by atoms with van der Waals surface area (Å²) in [6.45, 7) is 0. The van der Waals surface area contributed by atoms with Crippen molar-refractivity contribution in [3.8, 4) is 11.5 Å². The Balaban J connectivity index is 2.35. The van der Waals surface area contributed by atoms with Gasteiger partial charge in [0.05, 0.1) is 26.7 Å². The number of benzene rings is 1. The second kappa shape index (κ2) is 8.15. The maximum absolute atomic E-state index is 12.4. The van der Waals surface area contributed by atoms with Crippen molar-refractivity contribution in [3.63, 3.8) is 0 Å². The number of amides is 1. The second-order valence-corrected chi connectivity index (χ2v) is 5.41. The minimum Gasteiger partial charge on any atom is -0.497 e. The SMILES string of the molecule is COc1ccc(C(CC(=O)O)NC(=O)c2ccc(=O)n(C)n2)c(OC)c1. The monoisotopic (exact) mass is 361 g/mol. The van der Waals surface area contributed by atoms with Crippen LogP contribution in [0.4, 0.5) is 0 Å². The van der Waals surface area contributed by atoms with Crippen molar-refractivity contribution < 1.29 is 24.2 Å². The zero-order valence-electron chi connectivity index (χ0n) is 14.6. The number of aliphatic carboxylic acids is 1. The lowest BCUT2D eigenvalue weighted by atomic mass is 10.0. The minimum absolute atomic E-state index is 0.00466. The van der Waals surface area contributed by atoms with Gasteiger partial charge in [-0.2, -0.15) is 5.10 Å². The van der Waals surface area contributed by atoms with Gasteiger partial charge in [-0.05, 0) is 18.2 Å². The summed E-state index contributed by atoms with van der Waals surface area (Å²) in [6.07, 6.45) is -0.361. The number of rotatable bonds is 7. The van der Waals surface area contributed by atoms with Crippen LogP contribution in [0.15, 0.2) is 35.1 Å². The van der Waals surface area contributed by atoms with Crippen LogP contribution in [-0.2, 0) is 11.8 Å². The van der Waals surface area contributed by atoms with Crippen molar-refractivity contribution in [2.75, 3.05) is 14.2 Å². The first-order chi connectivity index (χ1) is 12.3. The van der Waals surface area contributed by atoms with Crippen LogP contribution in [0, 0.1) is 0 Å². The molecule has 0 radical (unpaired) electrons. The van der Waals surface area contributed by atoms with Crippen molar-refractivity contribution in [3.05, 3.63) is 51.9 Å². The molecule has 2 rings (SSSR count). The number of carboxylic acid groups (broad SMARTS) is 1. The van der Waals surface area contributed by atoms with Crippen molar-refractivity contribution in [2.24, 2.45) is 7.05 Å². The molecule has 1 heterocycles. The van der Waals surface area contributed by atoms with Gasteiger partial charge in [0.25, 0.3) is 11.5 Å². The van der Waals surface area contributed by atoms with Crippen molar-refractivity contribution in [2.45, 2.75) is 12.5 Å². The number of nitrogens with one attached hydrogen (secondary N) is 1. The molecule has 0 bridgehead atoms. The Morgan fingerprint density at radius 1 is 1.23 bits per heavy atom. The van der Waals surface area contributed by atoms with Gasteiger partial charge in [-0.3, -0.25) is 14.4 Å². The van der Waals surface area contributed by atoms with Gasteiger partial charge in [0.1, 0.15) is 17.2 Å². The Hall–Kier alpha value is -3.36. The highest BCUT2D eigenvalue weighted by Crippen LogP contribution is 2.31. The molecule has 0 saturated heterocycles. The molecule has 1 amide bonds. The van der Waals surface area contributed by atoms with E-state index >= 15 is 0 Å². The van der Waals surface area contributed by atoms with E-state index in [1.54, 1.807) is 18.2 Å². The van der Waals surface area contributed by atoms with E-state index in [4.69, 9.17) is 9.47 Å². The fourth-order valence-corrected chi connectivity index (χ4v) is 2.38. The first-order valence-corrected chi connectivity index (χ1v) is 7.64. The molecule has 0 aliphatic heterocycles. The number of ether oxygens (including phenoxy) is 2. The molecular formula is C17H19N3O6. The highest BCUT2D eigenvalue weighted by Gasteiger charge is 2.23. The number of aryl methyl sites for hydroxylation is 1. The van der Waals surface area contributed by atoms with Crippen LogP contribution in [-0.4, -0.2) is 41.0 Å². The van der Waals surface area contributed by atoms with Crippen LogP contribution in [0.1, 0.15) is 28.5 Å². The Labute approximate surface area is 149 Å². The highest BCUT2D eigenvalue weighted by atomic mass is 16.5. The summed E-state index contributed by atoms with van der Waals surface area (Å²) in [4.78, 5) is 35.1. The third-order valence-electron chi connectivity index (χ3n) is 3.69. The molecule has 1 atom stereocenters. The highest BCUT2D eigenvalue weighted by molar-refractivity contribution is 5.92. The third kappa shape index (κ3) is 4.38. The van der Waals surface area contributed by atoms with Gasteiger partial charge in [0.15, 0.2) is 0 Å². The lowest BCUT2D eigenvalue weighted by Gasteiger charge is -2.20. The van der Waals surface area contributed by atoms with Crippen molar-refractivity contribution in [1.82, 2.24) is 15.1 Å². The van der Waals surface area contributed by atoms with Crippen LogP contribution in [0.25, 0.3) is 0 Å². The molecule has 0 spiro atoms. The predicted octanol–water partition coefficient (Wildman–Crippen LogP) is 0.743. The van der Waals surface area contributed by atoms with Gasteiger partial charge < -0.3 is 19.9 Å². The third-order valence-corrected chi connectivity index (χ3v) is 3.69. The Bertz CT molecular complexity index is 877. The topological polar surface area (TPSA) is 120 Å². The van der Waals surface area contributed by atoms with Crippen LogP contribution in [0.2, 0.25) is 0 Å². The van der Waals surface area contributed by atoms with Crippen LogP contribution in [0.5, 0.6) is 11.5 Å². The zero-order valence-corrected chi connectivity index (χ0v) is 14.6. The van der Waals surface area contributed by atoms with Crippen molar-refractivity contribution in [1.29, 1.82) is 0 Å². The summed E-state index contributed by atoms with van der Waals surface area (Å²) in [7, 11) is 4.35. The maximum Gasteiger partial charge on any atom is 0.305 e. The molecular weight excluding hydrogens is 342 g/mol. The number of carbonyl (C=O) groups is 2. The summed E-state index contributed by atoms with van der Waals surface area (Å²) < 4.78 is 11.4. The maximum atomic E-state index is 12.4. The van der Waals surface area contributed by atoms with Crippen LogP contribution < -0.4 is 20.3 Å². The molecule has 0 saturated carbocycles.